The molecule has 1 amide bonds. The lowest BCUT2D eigenvalue weighted by Gasteiger charge is -2.30. The van der Waals surface area contributed by atoms with Crippen LogP contribution in [0.4, 0.5) is 5.69 Å². The van der Waals surface area contributed by atoms with Crippen molar-refractivity contribution in [2.24, 2.45) is 5.92 Å². The highest BCUT2D eigenvalue weighted by Crippen LogP contribution is 2.23. The molecule has 0 aliphatic carbocycles. The van der Waals surface area contributed by atoms with Crippen molar-refractivity contribution >= 4 is 27.6 Å². The van der Waals surface area contributed by atoms with Crippen LogP contribution in [0.15, 0.2) is 24.3 Å². The molecule has 1 saturated heterocycles. The standard InChI is InChI=1S/C16H22N2O5S/c1-3-24(21,22)18-10-8-12(9-11-18)15(19)17-14-7-5-4-6-13(14)16(20)23-2/h4-7,12H,3,8-11H2,1-2H3,(H,17,19). The number of piperidine rings is 1. The zero-order valence-corrected chi connectivity index (χ0v) is 14.6. The maximum atomic E-state index is 12.4. The second kappa shape index (κ2) is 7.76. The summed E-state index contributed by atoms with van der Waals surface area (Å²) in [4.78, 5) is 24.2. The summed E-state index contributed by atoms with van der Waals surface area (Å²) in [7, 11) is -1.93. The molecule has 1 aromatic carbocycles. The van der Waals surface area contributed by atoms with Gasteiger partial charge in [0.15, 0.2) is 0 Å². The maximum absolute atomic E-state index is 12.4. The minimum atomic E-state index is -3.21. The molecule has 1 aromatic rings. The molecule has 0 unspecified atom stereocenters. The molecule has 7 nitrogen and oxygen atoms in total. The van der Waals surface area contributed by atoms with Crippen LogP contribution in [0.1, 0.15) is 30.1 Å². The molecule has 1 aliphatic heterocycles. The van der Waals surface area contributed by atoms with Crippen molar-refractivity contribution in [3.05, 3.63) is 29.8 Å². The molecule has 24 heavy (non-hydrogen) atoms. The highest BCUT2D eigenvalue weighted by molar-refractivity contribution is 7.89. The van der Waals surface area contributed by atoms with Gasteiger partial charge in [0.05, 0.1) is 24.1 Å². The third-order valence-electron chi connectivity index (χ3n) is 4.17. The Morgan fingerprint density at radius 2 is 1.88 bits per heavy atom. The van der Waals surface area contributed by atoms with Crippen molar-refractivity contribution < 1.29 is 22.7 Å². The van der Waals surface area contributed by atoms with Crippen LogP contribution in [0.5, 0.6) is 0 Å². The topological polar surface area (TPSA) is 92.8 Å². The van der Waals surface area contributed by atoms with E-state index in [2.05, 4.69) is 5.32 Å². The molecule has 1 N–H and O–H groups in total. The molecule has 0 atom stereocenters. The Kier molecular flexibility index (Phi) is 5.95. The number of hydrogen-bond acceptors (Lipinski definition) is 5. The first-order chi connectivity index (χ1) is 11.4. The van der Waals surface area contributed by atoms with E-state index in [-0.39, 0.29) is 17.6 Å². The molecule has 1 heterocycles. The van der Waals surface area contributed by atoms with E-state index in [1.165, 1.54) is 11.4 Å². The summed E-state index contributed by atoms with van der Waals surface area (Å²) in [5, 5.41) is 2.76. The van der Waals surface area contributed by atoms with E-state index in [1.807, 2.05) is 0 Å². The van der Waals surface area contributed by atoms with Crippen molar-refractivity contribution in [3.63, 3.8) is 0 Å². The highest BCUT2D eigenvalue weighted by atomic mass is 32.2. The Morgan fingerprint density at radius 1 is 1.25 bits per heavy atom. The zero-order chi connectivity index (χ0) is 17.7. The average Bonchev–Trinajstić information content (AvgIpc) is 2.61. The van der Waals surface area contributed by atoms with Gasteiger partial charge in [0.2, 0.25) is 15.9 Å². The van der Waals surface area contributed by atoms with Gasteiger partial charge >= 0.3 is 5.97 Å². The van der Waals surface area contributed by atoms with E-state index in [0.717, 1.165) is 0 Å². The summed E-state index contributed by atoms with van der Waals surface area (Å²) in [6, 6.07) is 6.63. The predicted molar refractivity (Wildman–Crippen MR) is 90.2 cm³/mol. The van der Waals surface area contributed by atoms with E-state index in [1.54, 1.807) is 31.2 Å². The van der Waals surface area contributed by atoms with Crippen LogP contribution >= 0.6 is 0 Å². The smallest absolute Gasteiger partial charge is 0.339 e. The SMILES string of the molecule is CCS(=O)(=O)N1CCC(C(=O)Nc2ccccc2C(=O)OC)CC1. The predicted octanol–water partition coefficient (Wildman–Crippen LogP) is 1.47. The minimum absolute atomic E-state index is 0.0658. The molecule has 8 heteroatoms. The number of nitrogens with zero attached hydrogens (tertiary/aromatic N) is 1. The Hall–Kier alpha value is -1.93. The lowest BCUT2D eigenvalue weighted by Crippen LogP contribution is -2.42. The third kappa shape index (κ3) is 4.12. The van der Waals surface area contributed by atoms with Crippen LogP contribution in [0, 0.1) is 5.92 Å². The number of ether oxygens (including phenoxy) is 1. The quantitative estimate of drug-likeness (QED) is 0.809. The monoisotopic (exact) mass is 354 g/mol. The summed E-state index contributed by atoms with van der Waals surface area (Å²) < 4.78 is 29.8. The maximum Gasteiger partial charge on any atom is 0.339 e. The van der Waals surface area contributed by atoms with Gasteiger partial charge in [0, 0.05) is 19.0 Å². The molecule has 1 fully saturated rings. The average molecular weight is 354 g/mol. The number of carbonyl (C=O) groups is 2. The second-order valence-electron chi connectivity index (χ2n) is 5.60. The molecular formula is C16H22N2O5S. The summed E-state index contributed by atoms with van der Waals surface area (Å²) >= 11 is 0. The number of nitrogens with one attached hydrogen (secondary N) is 1. The molecule has 0 spiro atoms. The Balaban J connectivity index is 2.01. The Labute approximate surface area is 142 Å². The number of anilines is 1. The van der Waals surface area contributed by atoms with Crippen LogP contribution < -0.4 is 5.32 Å². The summed E-state index contributed by atoms with van der Waals surface area (Å²) in [6.07, 6.45) is 0.927. The Bertz CT molecular complexity index is 709. The number of rotatable bonds is 5. The number of carbonyl (C=O) groups excluding carboxylic acids is 2. The van der Waals surface area contributed by atoms with Crippen LogP contribution in [0.25, 0.3) is 0 Å². The first-order valence-corrected chi connectivity index (χ1v) is 9.46. The summed E-state index contributed by atoms with van der Waals surface area (Å²) in [5.41, 5.74) is 0.692. The Morgan fingerprint density at radius 3 is 2.46 bits per heavy atom. The lowest BCUT2D eigenvalue weighted by atomic mass is 9.97. The van der Waals surface area contributed by atoms with Crippen LogP contribution in [-0.2, 0) is 19.6 Å². The molecular weight excluding hydrogens is 332 g/mol. The number of para-hydroxylation sites is 1. The van der Waals surface area contributed by atoms with Gasteiger partial charge in [0.1, 0.15) is 0 Å². The molecule has 0 bridgehead atoms. The van der Waals surface area contributed by atoms with Gasteiger partial charge in [-0.25, -0.2) is 17.5 Å². The fourth-order valence-electron chi connectivity index (χ4n) is 2.69. The molecule has 132 valence electrons. The van der Waals surface area contributed by atoms with Crippen LogP contribution in [0.2, 0.25) is 0 Å². The van der Waals surface area contributed by atoms with Gasteiger partial charge in [0.25, 0.3) is 0 Å². The molecule has 0 saturated carbocycles. The van der Waals surface area contributed by atoms with E-state index in [4.69, 9.17) is 4.74 Å². The van der Waals surface area contributed by atoms with Gasteiger partial charge in [-0.3, -0.25) is 4.79 Å². The number of esters is 1. The lowest BCUT2D eigenvalue weighted by molar-refractivity contribution is -0.120. The molecule has 0 radical (unpaired) electrons. The number of hydrogen-bond donors (Lipinski definition) is 1. The van der Waals surface area contributed by atoms with Crippen molar-refractivity contribution in [1.29, 1.82) is 0 Å². The van der Waals surface area contributed by atoms with E-state index < -0.39 is 16.0 Å². The normalized spacial score (nSPS) is 16.6. The fraction of sp³-hybridized carbons (Fsp3) is 0.500. The van der Waals surface area contributed by atoms with Gasteiger partial charge in [-0.05, 0) is 31.9 Å². The summed E-state index contributed by atoms with van der Waals surface area (Å²) in [6.45, 7) is 2.29. The van der Waals surface area contributed by atoms with Gasteiger partial charge < -0.3 is 10.1 Å². The molecule has 0 aromatic heterocycles. The van der Waals surface area contributed by atoms with Crippen LogP contribution in [-0.4, -0.2) is 50.6 Å². The first-order valence-electron chi connectivity index (χ1n) is 7.85. The van der Waals surface area contributed by atoms with Crippen molar-refractivity contribution in [1.82, 2.24) is 4.31 Å². The van der Waals surface area contributed by atoms with E-state index in [9.17, 15) is 18.0 Å². The molecule has 1 aliphatic rings. The van der Waals surface area contributed by atoms with Crippen molar-refractivity contribution in [2.45, 2.75) is 19.8 Å². The number of methoxy groups -OCH3 is 1. The van der Waals surface area contributed by atoms with Crippen molar-refractivity contribution in [2.75, 3.05) is 31.3 Å². The minimum Gasteiger partial charge on any atom is -0.465 e. The number of sulfonamides is 1. The van der Waals surface area contributed by atoms with Crippen LogP contribution in [0.3, 0.4) is 0 Å². The van der Waals surface area contributed by atoms with Gasteiger partial charge in [-0.15, -0.1) is 0 Å². The zero-order valence-electron chi connectivity index (χ0n) is 13.8. The highest BCUT2D eigenvalue weighted by Gasteiger charge is 2.30. The van der Waals surface area contributed by atoms with Gasteiger partial charge in [-0.2, -0.15) is 0 Å². The largest absolute Gasteiger partial charge is 0.465 e. The van der Waals surface area contributed by atoms with Crippen molar-refractivity contribution in [3.8, 4) is 0 Å². The number of benzene rings is 1. The fourth-order valence-corrected chi connectivity index (χ4v) is 3.83. The van der Waals surface area contributed by atoms with E-state index in [0.29, 0.717) is 37.2 Å². The third-order valence-corrected chi connectivity index (χ3v) is 6.05. The number of amides is 1. The first kappa shape index (κ1) is 18.4. The summed E-state index contributed by atoms with van der Waals surface area (Å²) in [5.74, 6) is -0.940. The van der Waals surface area contributed by atoms with Gasteiger partial charge in [-0.1, -0.05) is 12.1 Å². The van der Waals surface area contributed by atoms with E-state index >= 15 is 0 Å². The second-order valence-corrected chi connectivity index (χ2v) is 7.86. The molecule has 2 rings (SSSR count).